The molecule has 1 heterocycles. The molecule has 3 rings (SSSR count). The minimum atomic E-state index is -0.165. The van der Waals surface area contributed by atoms with E-state index in [2.05, 4.69) is 11.9 Å². The van der Waals surface area contributed by atoms with Crippen LogP contribution in [-0.2, 0) is 9.53 Å². The van der Waals surface area contributed by atoms with E-state index in [-0.39, 0.29) is 18.6 Å². The lowest BCUT2D eigenvalue weighted by atomic mass is 10.1. The number of rotatable bonds is 5. The van der Waals surface area contributed by atoms with Crippen molar-refractivity contribution in [3.8, 4) is 0 Å². The van der Waals surface area contributed by atoms with Gasteiger partial charge < -0.3 is 14.5 Å². The van der Waals surface area contributed by atoms with Gasteiger partial charge in [-0.3, -0.25) is 4.79 Å². The standard InChI is InChI=1S/C21H26N2O2/c1-22-15-8-13-20(14-16-22)25-21(24)17-23(18-9-4-2-5-10-18)19-11-6-3-7-12-19/h2-7,9-12,20H,8,13-17H2,1H3. The topological polar surface area (TPSA) is 32.8 Å². The van der Waals surface area contributed by atoms with E-state index in [1.54, 1.807) is 0 Å². The zero-order chi connectivity index (χ0) is 17.5. The van der Waals surface area contributed by atoms with Crippen LogP contribution in [0, 0.1) is 0 Å². The van der Waals surface area contributed by atoms with Crippen molar-refractivity contribution >= 4 is 17.3 Å². The fraction of sp³-hybridized carbons (Fsp3) is 0.381. The molecule has 0 spiro atoms. The van der Waals surface area contributed by atoms with E-state index >= 15 is 0 Å². The maximum Gasteiger partial charge on any atom is 0.326 e. The van der Waals surface area contributed by atoms with Gasteiger partial charge in [-0.1, -0.05) is 36.4 Å². The minimum Gasteiger partial charge on any atom is -0.461 e. The Morgan fingerprint density at radius 1 is 1.00 bits per heavy atom. The van der Waals surface area contributed by atoms with Crippen molar-refractivity contribution in [1.29, 1.82) is 0 Å². The molecular weight excluding hydrogens is 312 g/mol. The molecule has 0 aromatic heterocycles. The number of esters is 1. The number of likely N-dealkylation sites (tertiary alicyclic amines) is 1. The molecule has 1 fully saturated rings. The summed E-state index contributed by atoms with van der Waals surface area (Å²) in [6.07, 6.45) is 2.98. The van der Waals surface area contributed by atoms with Crippen molar-refractivity contribution in [2.45, 2.75) is 25.4 Å². The monoisotopic (exact) mass is 338 g/mol. The first-order chi connectivity index (χ1) is 12.2. The Balaban J connectivity index is 1.69. The smallest absolute Gasteiger partial charge is 0.326 e. The molecule has 0 bridgehead atoms. The maximum absolute atomic E-state index is 12.6. The largest absolute Gasteiger partial charge is 0.461 e. The summed E-state index contributed by atoms with van der Waals surface area (Å²) in [5.41, 5.74) is 1.98. The Bertz CT molecular complexity index is 621. The predicted molar refractivity (Wildman–Crippen MR) is 101 cm³/mol. The van der Waals surface area contributed by atoms with Crippen molar-refractivity contribution < 1.29 is 9.53 Å². The molecule has 0 radical (unpaired) electrons. The van der Waals surface area contributed by atoms with Gasteiger partial charge in [0.25, 0.3) is 0 Å². The Hall–Kier alpha value is -2.33. The van der Waals surface area contributed by atoms with Crippen LogP contribution in [0.2, 0.25) is 0 Å². The molecule has 1 aliphatic rings. The van der Waals surface area contributed by atoms with Crippen LogP contribution in [0.5, 0.6) is 0 Å². The number of hydrogen-bond acceptors (Lipinski definition) is 4. The van der Waals surface area contributed by atoms with Gasteiger partial charge in [0.1, 0.15) is 12.6 Å². The minimum absolute atomic E-state index is 0.0332. The third-order valence-electron chi connectivity index (χ3n) is 4.62. The van der Waals surface area contributed by atoms with E-state index in [9.17, 15) is 4.79 Å². The Morgan fingerprint density at radius 2 is 1.60 bits per heavy atom. The lowest BCUT2D eigenvalue weighted by molar-refractivity contribution is -0.147. The number of hydrogen-bond donors (Lipinski definition) is 0. The van der Waals surface area contributed by atoms with Gasteiger partial charge in [-0.05, 0) is 57.1 Å². The molecule has 2 aromatic carbocycles. The summed E-state index contributed by atoms with van der Waals surface area (Å²) in [7, 11) is 2.12. The molecule has 2 aromatic rings. The van der Waals surface area contributed by atoms with Crippen LogP contribution in [0.15, 0.2) is 60.7 Å². The lowest BCUT2D eigenvalue weighted by Gasteiger charge is -2.25. The van der Waals surface area contributed by atoms with Crippen molar-refractivity contribution in [3.05, 3.63) is 60.7 Å². The van der Waals surface area contributed by atoms with E-state index in [1.807, 2.05) is 65.6 Å². The summed E-state index contributed by atoms with van der Waals surface area (Å²) in [5, 5.41) is 0. The number of nitrogens with zero attached hydrogens (tertiary/aromatic N) is 2. The zero-order valence-corrected chi connectivity index (χ0v) is 14.8. The SMILES string of the molecule is CN1CCCC(OC(=O)CN(c2ccccc2)c2ccccc2)CC1. The van der Waals surface area contributed by atoms with Crippen molar-refractivity contribution in [3.63, 3.8) is 0 Å². The molecule has 4 nitrogen and oxygen atoms in total. The molecule has 1 aliphatic heterocycles. The highest BCUT2D eigenvalue weighted by atomic mass is 16.5. The molecule has 132 valence electrons. The van der Waals surface area contributed by atoms with Gasteiger partial charge in [0.2, 0.25) is 0 Å². The summed E-state index contributed by atoms with van der Waals surface area (Å²) < 4.78 is 5.79. The third kappa shape index (κ3) is 5.07. The highest BCUT2D eigenvalue weighted by molar-refractivity contribution is 5.80. The Morgan fingerprint density at radius 3 is 2.20 bits per heavy atom. The fourth-order valence-corrected chi connectivity index (χ4v) is 3.23. The van der Waals surface area contributed by atoms with Gasteiger partial charge in [-0.15, -0.1) is 0 Å². The summed E-state index contributed by atoms with van der Waals surface area (Å²) in [4.78, 5) is 16.9. The molecule has 0 amide bonds. The van der Waals surface area contributed by atoms with Crippen molar-refractivity contribution in [2.24, 2.45) is 0 Å². The first-order valence-corrected chi connectivity index (χ1v) is 8.98. The molecule has 4 heteroatoms. The average Bonchev–Trinajstić information content (AvgIpc) is 2.85. The number of benzene rings is 2. The molecule has 1 saturated heterocycles. The molecule has 25 heavy (non-hydrogen) atoms. The molecule has 0 N–H and O–H groups in total. The normalized spacial score (nSPS) is 18.4. The lowest BCUT2D eigenvalue weighted by Crippen LogP contribution is -2.30. The van der Waals surface area contributed by atoms with E-state index in [1.165, 1.54) is 0 Å². The number of carbonyl (C=O) groups is 1. The second-order valence-electron chi connectivity index (χ2n) is 6.60. The van der Waals surface area contributed by atoms with Gasteiger partial charge in [-0.2, -0.15) is 0 Å². The van der Waals surface area contributed by atoms with Gasteiger partial charge in [-0.25, -0.2) is 0 Å². The summed E-state index contributed by atoms with van der Waals surface area (Å²) in [6, 6.07) is 20.0. The molecule has 1 unspecified atom stereocenters. The number of carbonyl (C=O) groups excluding carboxylic acids is 1. The van der Waals surface area contributed by atoms with Crippen molar-refractivity contribution in [1.82, 2.24) is 4.90 Å². The van der Waals surface area contributed by atoms with E-state index < -0.39 is 0 Å². The fourth-order valence-electron chi connectivity index (χ4n) is 3.23. The van der Waals surface area contributed by atoms with Crippen LogP contribution >= 0.6 is 0 Å². The zero-order valence-electron chi connectivity index (χ0n) is 14.8. The van der Waals surface area contributed by atoms with Gasteiger partial charge in [0, 0.05) is 17.9 Å². The first-order valence-electron chi connectivity index (χ1n) is 8.98. The Kier molecular flexibility index (Phi) is 6.07. The molecule has 1 atom stereocenters. The molecule has 0 saturated carbocycles. The van der Waals surface area contributed by atoms with Crippen LogP contribution in [0.25, 0.3) is 0 Å². The maximum atomic E-state index is 12.6. The van der Waals surface area contributed by atoms with Gasteiger partial charge in [0.15, 0.2) is 0 Å². The second kappa shape index (κ2) is 8.67. The highest BCUT2D eigenvalue weighted by Crippen LogP contribution is 2.25. The van der Waals surface area contributed by atoms with Crippen LogP contribution in [0.3, 0.4) is 0 Å². The number of ether oxygens (including phenoxy) is 1. The summed E-state index contributed by atoms with van der Waals surface area (Å²) >= 11 is 0. The summed E-state index contributed by atoms with van der Waals surface area (Å²) in [6.45, 7) is 2.29. The second-order valence-corrected chi connectivity index (χ2v) is 6.60. The van der Waals surface area contributed by atoms with Crippen LogP contribution in [0.1, 0.15) is 19.3 Å². The molecular formula is C21H26N2O2. The highest BCUT2D eigenvalue weighted by Gasteiger charge is 2.21. The molecule has 0 aliphatic carbocycles. The van der Waals surface area contributed by atoms with Crippen LogP contribution in [0.4, 0.5) is 11.4 Å². The van der Waals surface area contributed by atoms with Crippen molar-refractivity contribution in [2.75, 3.05) is 31.6 Å². The van der Waals surface area contributed by atoms with Crippen LogP contribution < -0.4 is 4.90 Å². The van der Waals surface area contributed by atoms with E-state index in [4.69, 9.17) is 4.74 Å². The van der Waals surface area contributed by atoms with Gasteiger partial charge >= 0.3 is 5.97 Å². The first kappa shape index (κ1) is 17.5. The third-order valence-corrected chi connectivity index (χ3v) is 4.62. The predicted octanol–water partition coefficient (Wildman–Crippen LogP) is 3.85. The van der Waals surface area contributed by atoms with E-state index in [0.717, 1.165) is 43.7 Å². The quantitative estimate of drug-likeness (QED) is 0.775. The van der Waals surface area contributed by atoms with Crippen LogP contribution in [-0.4, -0.2) is 43.7 Å². The summed E-state index contributed by atoms with van der Waals surface area (Å²) in [5.74, 6) is -0.165. The number of para-hydroxylation sites is 2. The Labute approximate surface area is 150 Å². The average molecular weight is 338 g/mol. The number of anilines is 2. The van der Waals surface area contributed by atoms with Gasteiger partial charge in [0.05, 0.1) is 0 Å². The van der Waals surface area contributed by atoms with E-state index in [0.29, 0.717) is 0 Å².